The van der Waals surface area contributed by atoms with Gasteiger partial charge < -0.3 is 19.4 Å². The van der Waals surface area contributed by atoms with E-state index in [0.717, 1.165) is 28.4 Å². The Morgan fingerprint density at radius 1 is 1.18 bits per heavy atom. The average Bonchev–Trinajstić information content (AvgIpc) is 3.31. The summed E-state index contributed by atoms with van der Waals surface area (Å²) in [6.07, 6.45) is 0.865. The summed E-state index contributed by atoms with van der Waals surface area (Å²) in [6.45, 7) is -0.364. The van der Waals surface area contributed by atoms with Crippen molar-refractivity contribution in [3.8, 4) is 22.8 Å². The van der Waals surface area contributed by atoms with Gasteiger partial charge in [-0.05, 0) is 37.1 Å². The second-order valence-electron chi connectivity index (χ2n) is 9.27. The van der Waals surface area contributed by atoms with Crippen LogP contribution in [-0.2, 0) is 18.4 Å². The van der Waals surface area contributed by atoms with Crippen LogP contribution in [0.25, 0.3) is 33.2 Å². The van der Waals surface area contributed by atoms with Crippen LogP contribution in [0.4, 0.5) is 14.5 Å². The highest BCUT2D eigenvalue weighted by Crippen LogP contribution is 2.44. The first-order valence-electron chi connectivity index (χ1n) is 11.9. The van der Waals surface area contributed by atoms with Crippen molar-refractivity contribution in [2.75, 3.05) is 4.90 Å². The molecule has 1 fully saturated rings. The number of fused-ring (bicyclic) bond motifs is 3. The van der Waals surface area contributed by atoms with E-state index in [-0.39, 0.29) is 29.6 Å². The monoisotopic (exact) mass is 519 g/mol. The molecule has 5 aromatic rings. The van der Waals surface area contributed by atoms with Gasteiger partial charge in [-0.3, -0.25) is 14.3 Å². The normalized spacial score (nSPS) is 15.9. The molecule has 0 saturated heterocycles. The first-order valence-corrected chi connectivity index (χ1v) is 11.9. The van der Waals surface area contributed by atoms with Crippen molar-refractivity contribution >= 4 is 33.5 Å². The van der Waals surface area contributed by atoms with Gasteiger partial charge in [0.2, 0.25) is 5.91 Å². The number of alkyl halides is 2. The number of nitrogens with zero attached hydrogens (tertiary/aromatic N) is 6. The van der Waals surface area contributed by atoms with Crippen LogP contribution < -0.4 is 19.9 Å². The summed E-state index contributed by atoms with van der Waals surface area (Å²) in [4.78, 5) is 35.4. The predicted molar refractivity (Wildman–Crippen MR) is 131 cm³/mol. The van der Waals surface area contributed by atoms with Crippen LogP contribution in [0.15, 0.2) is 53.7 Å². The van der Waals surface area contributed by atoms with E-state index in [1.54, 1.807) is 10.9 Å². The molecule has 192 valence electrons. The molecule has 0 atom stereocenters. The van der Waals surface area contributed by atoms with Crippen molar-refractivity contribution in [1.82, 2.24) is 29.5 Å². The molecule has 13 heteroatoms. The molecule has 1 aliphatic heterocycles. The van der Waals surface area contributed by atoms with Gasteiger partial charge in [-0.2, -0.15) is 10.2 Å². The van der Waals surface area contributed by atoms with Crippen LogP contribution in [0.5, 0.6) is 11.5 Å². The number of aromatic amines is 1. The third-order valence-corrected chi connectivity index (χ3v) is 6.68. The maximum Gasteiger partial charge on any atom is 0.586 e. The van der Waals surface area contributed by atoms with E-state index < -0.39 is 17.8 Å². The molecule has 0 spiro atoms. The zero-order chi connectivity index (χ0) is 26.2. The fraction of sp³-hybridized carbons (Fsp3) is 0.240. The summed E-state index contributed by atoms with van der Waals surface area (Å²) in [5.74, 6) is -0.687. The van der Waals surface area contributed by atoms with Gasteiger partial charge in [0.25, 0.3) is 5.56 Å². The third-order valence-electron chi connectivity index (χ3n) is 6.68. The number of carbonyl (C=O) groups is 1. The molecule has 1 amide bonds. The van der Waals surface area contributed by atoms with Crippen LogP contribution in [-0.4, -0.2) is 47.8 Å². The number of aromatic nitrogens is 6. The molecule has 0 radical (unpaired) electrons. The first-order chi connectivity index (χ1) is 18.3. The van der Waals surface area contributed by atoms with E-state index in [2.05, 4.69) is 29.6 Å². The number of hydrogen-bond donors (Lipinski definition) is 1. The molecule has 38 heavy (non-hydrogen) atoms. The van der Waals surface area contributed by atoms with Crippen molar-refractivity contribution in [3.63, 3.8) is 0 Å². The number of imidazole rings is 1. The number of rotatable bonds is 5. The first kappa shape index (κ1) is 22.4. The van der Waals surface area contributed by atoms with Gasteiger partial charge in [0, 0.05) is 35.8 Å². The standard InChI is InChI=1S/C25H19F2N7O4/c1-32-17-6-2-13(8-14(17)10-30-32)21-22-23(29-12-28-22)24(36)33(31-21)11-20(35)34(15-3-4-15)16-5-7-18-19(9-16)38-25(26,27)37-18/h2,5-10,12,15H,3-4,11H2,1H3,(H,28,29). The number of hydrogen-bond acceptors (Lipinski definition) is 7. The molecular formula is C25H19F2N7O4. The second-order valence-corrected chi connectivity index (χ2v) is 9.27. The Balaban J connectivity index is 1.26. The zero-order valence-corrected chi connectivity index (χ0v) is 19.9. The number of anilines is 1. The van der Waals surface area contributed by atoms with Crippen molar-refractivity contribution < 1.29 is 23.0 Å². The second kappa shape index (κ2) is 7.84. The smallest absolute Gasteiger partial charge is 0.395 e. The number of amides is 1. The van der Waals surface area contributed by atoms with Gasteiger partial charge in [-0.15, -0.1) is 8.78 Å². The van der Waals surface area contributed by atoms with Gasteiger partial charge in [0.15, 0.2) is 11.5 Å². The number of halogens is 2. The maximum absolute atomic E-state index is 13.5. The van der Waals surface area contributed by atoms with Crippen LogP contribution in [0, 0.1) is 0 Å². The maximum atomic E-state index is 13.5. The number of ether oxygens (including phenoxy) is 2. The van der Waals surface area contributed by atoms with Gasteiger partial charge in [-0.1, -0.05) is 6.07 Å². The lowest BCUT2D eigenvalue weighted by atomic mass is 10.1. The highest BCUT2D eigenvalue weighted by molar-refractivity contribution is 5.96. The Hall–Kier alpha value is -4.81. The number of aryl methyl sites for hydroxylation is 1. The molecule has 1 saturated carbocycles. The fourth-order valence-corrected chi connectivity index (χ4v) is 4.77. The van der Waals surface area contributed by atoms with Crippen LogP contribution >= 0.6 is 0 Å². The number of H-pyrrole nitrogens is 1. The van der Waals surface area contributed by atoms with Gasteiger partial charge in [-0.25, -0.2) is 9.67 Å². The summed E-state index contributed by atoms with van der Waals surface area (Å²) in [5, 5.41) is 9.68. The number of benzene rings is 2. The van der Waals surface area contributed by atoms with Gasteiger partial charge >= 0.3 is 6.29 Å². The molecule has 11 nitrogen and oxygen atoms in total. The Kier molecular flexibility index (Phi) is 4.62. The van der Waals surface area contributed by atoms with Crippen molar-refractivity contribution in [3.05, 3.63) is 59.3 Å². The Morgan fingerprint density at radius 3 is 2.82 bits per heavy atom. The minimum Gasteiger partial charge on any atom is -0.395 e. The Morgan fingerprint density at radius 2 is 2.00 bits per heavy atom. The highest BCUT2D eigenvalue weighted by Gasteiger charge is 2.44. The van der Waals surface area contributed by atoms with Gasteiger partial charge in [0.05, 0.1) is 18.0 Å². The lowest BCUT2D eigenvalue weighted by molar-refractivity contribution is -0.286. The summed E-state index contributed by atoms with van der Waals surface area (Å²) in [7, 11) is 1.84. The SMILES string of the molecule is Cn1ncc2cc(-c3nn(CC(=O)N(c4ccc5c(c4)OC(F)(F)O5)C4CC4)c(=O)c4[nH]cnc34)ccc21. The molecular weight excluding hydrogens is 500 g/mol. The summed E-state index contributed by atoms with van der Waals surface area (Å²) in [6, 6.07) is 9.73. The van der Waals surface area contributed by atoms with E-state index in [9.17, 15) is 18.4 Å². The molecule has 2 aliphatic rings. The van der Waals surface area contributed by atoms with Crippen molar-refractivity contribution in [2.45, 2.75) is 31.7 Å². The number of carbonyl (C=O) groups excluding carboxylic acids is 1. The summed E-state index contributed by atoms with van der Waals surface area (Å²) < 4.78 is 38.9. The average molecular weight is 519 g/mol. The molecule has 4 heterocycles. The quantitative estimate of drug-likeness (QED) is 0.379. The largest absolute Gasteiger partial charge is 0.586 e. The predicted octanol–water partition coefficient (Wildman–Crippen LogP) is 3.19. The molecule has 3 aromatic heterocycles. The molecule has 7 rings (SSSR count). The topological polar surface area (TPSA) is 120 Å². The highest BCUT2D eigenvalue weighted by atomic mass is 19.3. The number of nitrogens with one attached hydrogen (secondary N) is 1. The molecule has 1 N–H and O–H groups in total. The molecule has 0 unspecified atom stereocenters. The van der Waals surface area contributed by atoms with E-state index in [0.29, 0.717) is 22.5 Å². The van der Waals surface area contributed by atoms with Crippen LogP contribution in [0.2, 0.25) is 0 Å². The Labute approximate surface area is 212 Å². The van der Waals surface area contributed by atoms with Crippen LogP contribution in [0.3, 0.4) is 0 Å². The summed E-state index contributed by atoms with van der Waals surface area (Å²) >= 11 is 0. The lowest BCUT2D eigenvalue weighted by Gasteiger charge is -2.23. The van der Waals surface area contributed by atoms with E-state index in [1.807, 2.05) is 25.2 Å². The minimum atomic E-state index is -3.76. The summed E-state index contributed by atoms with van der Waals surface area (Å²) in [5.41, 5.74) is 2.54. The van der Waals surface area contributed by atoms with Crippen LogP contribution in [0.1, 0.15) is 12.8 Å². The van der Waals surface area contributed by atoms with Crippen molar-refractivity contribution in [2.24, 2.45) is 7.05 Å². The van der Waals surface area contributed by atoms with E-state index in [4.69, 9.17) is 0 Å². The van der Waals surface area contributed by atoms with Crippen molar-refractivity contribution in [1.29, 1.82) is 0 Å². The molecule has 2 aromatic carbocycles. The minimum absolute atomic E-state index is 0.111. The zero-order valence-electron chi connectivity index (χ0n) is 19.9. The molecule has 1 aliphatic carbocycles. The molecule has 0 bridgehead atoms. The van der Waals surface area contributed by atoms with Gasteiger partial charge in [0.1, 0.15) is 23.3 Å². The third kappa shape index (κ3) is 3.57. The van der Waals surface area contributed by atoms with E-state index in [1.165, 1.54) is 29.4 Å². The van der Waals surface area contributed by atoms with E-state index >= 15 is 0 Å². The fourth-order valence-electron chi connectivity index (χ4n) is 4.77. The Bertz CT molecular complexity index is 1820. The lowest BCUT2D eigenvalue weighted by Crippen LogP contribution is -2.39.